The van der Waals surface area contributed by atoms with E-state index in [-0.39, 0.29) is 24.7 Å². The van der Waals surface area contributed by atoms with Gasteiger partial charge in [0.2, 0.25) is 5.88 Å². The third kappa shape index (κ3) is 3.32. The first-order valence-corrected chi connectivity index (χ1v) is 10.1. The normalized spacial score (nSPS) is 27.6. The maximum atomic E-state index is 10.3. The maximum Gasteiger partial charge on any atom is 0.213 e. The Morgan fingerprint density at radius 3 is 2.93 bits per heavy atom. The second-order valence-corrected chi connectivity index (χ2v) is 8.29. The number of methoxy groups -OCH3 is 1. The summed E-state index contributed by atoms with van der Waals surface area (Å²) in [4.78, 5) is 11.6. The second kappa shape index (κ2) is 7.81. The number of pyridine rings is 2. The van der Waals surface area contributed by atoms with Gasteiger partial charge in [-0.1, -0.05) is 0 Å². The molecule has 7 nitrogen and oxygen atoms in total. The van der Waals surface area contributed by atoms with Crippen LogP contribution in [-0.4, -0.2) is 59.6 Å². The van der Waals surface area contributed by atoms with Crippen LogP contribution in [0.4, 0.5) is 5.69 Å². The van der Waals surface area contributed by atoms with Crippen LogP contribution in [-0.2, 0) is 6.42 Å². The first-order chi connectivity index (χ1) is 13.6. The Morgan fingerprint density at radius 1 is 1.32 bits per heavy atom. The Labute approximate surface area is 165 Å². The number of piperidine rings is 1. The van der Waals surface area contributed by atoms with E-state index in [0.717, 1.165) is 61.1 Å². The molecule has 4 N–H and O–H groups in total. The van der Waals surface area contributed by atoms with E-state index in [0.29, 0.717) is 18.2 Å². The molecule has 3 atom stereocenters. The fraction of sp³-hybridized carbons (Fsp3) is 0.619. The Bertz CT molecular complexity index is 846. The number of hydrogen-bond acceptors (Lipinski definition) is 7. The zero-order valence-corrected chi connectivity index (χ0v) is 16.5. The number of aliphatic hydroxyl groups excluding tert-OH is 2. The summed E-state index contributed by atoms with van der Waals surface area (Å²) >= 11 is 0. The number of rotatable bonds is 5. The third-order valence-corrected chi connectivity index (χ3v) is 6.69. The second-order valence-electron chi connectivity index (χ2n) is 8.29. The van der Waals surface area contributed by atoms with E-state index in [1.165, 1.54) is 0 Å². The molecule has 7 heteroatoms. The van der Waals surface area contributed by atoms with E-state index in [1.54, 1.807) is 13.3 Å². The quantitative estimate of drug-likeness (QED) is 0.715. The molecule has 2 aromatic heterocycles. The Balaban J connectivity index is 1.74. The molecule has 2 aliphatic rings. The summed E-state index contributed by atoms with van der Waals surface area (Å²) < 4.78 is 5.40. The summed E-state index contributed by atoms with van der Waals surface area (Å²) in [7, 11) is 1.60. The van der Waals surface area contributed by atoms with Gasteiger partial charge in [-0.2, -0.15) is 0 Å². The predicted octanol–water partition coefficient (Wildman–Crippen LogP) is 1.49. The van der Waals surface area contributed by atoms with E-state index in [2.05, 4.69) is 14.9 Å². The predicted molar refractivity (Wildman–Crippen MR) is 109 cm³/mol. The van der Waals surface area contributed by atoms with Crippen LogP contribution in [0.15, 0.2) is 18.3 Å². The lowest BCUT2D eigenvalue weighted by molar-refractivity contribution is 0.00617. The largest absolute Gasteiger partial charge is 0.481 e. The zero-order chi connectivity index (χ0) is 19.7. The highest BCUT2D eigenvalue weighted by atomic mass is 16.5. The van der Waals surface area contributed by atoms with Crippen LogP contribution >= 0.6 is 0 Å². The minimum Gasteiger partial charge on any atom is -0.481 e. The molecule has 1 aliphatic carbocycles. The van der Waals surface area contributed by atoms with Gasteiger partial charge < -0.3 is 25.6 Å². The van der Waals surface area contributed by atoms with Crippen molar-refractivity contribution in [3.05, 3.63) is 23.9 Å². The van der Waals surface area contributed by atoms with Crippen molar-refractivity contribution < 1.29 is 14.9 Å². The lowest BCUT2D eigenvalue weighted by atomic mass is 9.62. The van der Waals surface area contributed by atoms with Crippen LogP contribution in [0.2, 0.25) is 0 Å². The molecule has 0 bridgehead atoms. The molecule has 2 aromatic rings. The van der Waals surface area contributed by atoms with E-state index in [9.17, 15) is 10.2 Å². The Morgan fingerprint density at radius 2 is 2.18 bits per heavy atom. The van der Waals surface area contributed by atoms with Gasteiger partial charge in [-0.25, -0.2) is 4.98 Å². The van der Waals surface area contributed by atoms with Gasteiger partial charge in [-0.15, -0.1) is 0 Å². The number of ether oxygens (including phenoxy) is 1. The fourth-order valence-corrected chi connectivity index (χ4v) is 5.10. The number of fused-ring (bicyclic) bond motifs is 2. The van der Waals surface area contributed by atoms with Gasteiger partial charge in [0.05, 0.1) is 24.9 Å². The molecule has 0 aromatic carbocycles. The highest BCUT2D eigenvalue weighted by Crippen LogP contribution is 2.47. The highest BCUT2D eigenvalue weighted by Gasteiger charge is 2.46. The fourth-order valence-electron chi connectivity index (χ4n) is 5.10. The van der Waals surface area contributed by atoms with E-state index >= 15 is 0 Å². The van der Waals surface area contributed by atoms with Crippen molar-refractivity contribution >= 4 is 16.7 Å². The van der Waals surface area contributed by atoms with Gasteiger partial charge in [0.15, 0.2) is 0 Å². The average molecular weight is 386 g/mol. The molecule has 4 rings (SSSR count). The van der Waals surface area contributed by atoms with Crippen LogP contribution in [0, 0.1) is 11.3 Å². The van der Waals surface area contributed by atoms with Crippen molar-refractivity contribution in [1.82, 2.24) is 9.97 Å². The van der Waals surface area contributed by atoms with Gasteiger partial charge in [-0.3, -0.25) is 4.98 Å². The Kier molecular flexibility index (Phi) is 5.40. The number of nitrogens with two attached hydrogens (primary N) is 1. The smallest absolute Gasteiger partial charge is 0.213 e. The summed E-state index contributed by atoms with van der Waals surface area (Å²) in [5.41, 5.74) is 9.65. The van der Waals surface area contributed by atoms with Gasteiger partial charge >= 0.3 is 0 Å². The number of anilines is 1. The van der Waals surface area contributed by atoms with Crippen molar-refractivity contribution in [2.45, 2.75) is 38.1 Å². The molecular weight excluding hydrogens is 356 g/mol. The van der Waals surface area contributed by atoms with Crippen LogP contribution in [0.25, 0.3) is 11.0 Å². The molecule has 152 valence electrons. The summed E-state index contributed by atoms with van der Waals surface area (Å²) in [6.07, 6.45) is 6.26. The summed E-state index contributed by atoms with van der Waals surface area (Å²) in [6.45, 7) is 1.95. The van der Waals surface area contributed by atoms with Crippen molar-refractivity contribution in [1.29, 1.82) is 0 Å². The molecule has 0 spiro atoms. The minimum atomic E-state index is -0.101. The van der Waals surface area contributed by atoms with Crippen LogP contribution in [0.3, 0.4) is 0 Å². The standard InChI is InChI=1S/C21H30N4O3/c1-28-18-10-14(5-9-26)19-20(24-18)17(3-7-23-19)25-8-4-15-11-16(22)2-6-21(15,12-25)13-27/h3,7,10,15-16,26-27H,2,4-6,8-9,11-13,22H2,1H3. The average Bonchev–Trinajstić information content (AvgIpc) is 2.73. The SMILES string of the molecule is COc1cc(CCO)c2nccc(N3CCC4CC(N)CCC4(CO)C3)c2n1. The van der Waals surface area contributed by atoms with Gasteiger partial charge in [-0.05, 0) is 49.7 Å². The molecule has 3 unspecified atom stereocenters. The zero-order valence-electron chi connectivity index (χ0n) is 16.5. The first-order valence-electron chi connectivity index (χ1n) is 10.1. The lowest BCUT2D eigenvalue weighted by Crippen LogP contribution is -2.55. The number of nitrogens with zero attached hydrogens (tertiary/aromatic N) is 3. The van der Waals surface area contributed by atoms with E-state index < -0.39 is 0 Å². The number of hydrogen-bond donors (Lipinski definition) is 3. The summed E-state index contributed by atoms with van der Waals surface area (Å²) in [5.74, 6) is 0.999. The summed E-state index contributed by atoms with van der Waals surface area (Å²) in [6, 6.07) is 4.10. The molecule has 0 amide bonds. The van der Waals surface area contributed by atoms with E-state index in [1.807, 2.05) is 12.1 Å². The van der Waals surface area contributed by atoms with Crippen molar-refractivity contribution in [3.8, 4) is 5.88 Å². The minimum absolute atomic E-state index is 0.0491. The third-order valence-electron chi connectivity index (χ3n) is 6.69. The molecule has 1 saturated carbocycles. The first kappa shape index (κ1) is 19.4. The molecular formula is C21H30N4O3. The molecule has 1 aliphatic heterocycles. The molecule has 2 fully saturated rings. The molecule has 0 radical (unpaired) electrons. The van der Waals surface area contributed by atoms with Crippen LogP contribution < -0.4 is 15.4 Å². The Hall–Kier alpha value is -1.96. The van der Waals surface area contributed by atoms with E-state index in [4.69, 9.17) is 10.5 Å². The molecule has 28 heavy (non-hydrogen) atoms. The molecule has 1 saturated heterocycles. The highest BCUT2D eigenvalue weighted by molar-refractivity contribution is 5.90. The van der Waals surface area contributed by atoms with Crippen molar-refractivity contribution in [2.75, 3.05) is 38.3 Å². The number of aliphatic hydroxyl groups is 2. The maximum absolute atomic E-state index is 10.3. The van der Waals surface area contributed by atoms with Crippen LogP contribution in [0.1, 0.15) is 31.2 Å². The van der Waals surface area contributed by atoms with Crippen molar-refractivity contribution in [3.63, 3.8) is 0 Å². The van der Waals surface area contributed by atoms with Gasteiger partial charge in [0, 0.05) is 43.4 Å². The topological polar surface area (TPSA) is 105 Å². The van der Waals surface area contributed by atoms with Crippen molar-refractivity contribution in [2.24, 2.45) is 17.1 Å². The van der Waals surface area contributed by atoms with Gasteiger partial charge in [0.25, 0.3) is 0 Å². The summed E-state index contributed by atoms with van der Waals surface area (Å²) in [5, 5.41) is 19.7. The number of aromatic nitrogens is 2. The molecule has 3 heterocycles. The monoisotopic (exact) mass is 386 g/mol. The lowest BCUT2D eigenvalue weighted by Gasteiger charge is -2.52. The van der Waals surface area contributed by atoms with Gasteiger partial charge in [0.1, 0.15) is 5.52 Å². The van der Waals surface area contributed by atoms with Crippen LogP contribution in [0.5, 0.6) is 5.88 Å².